The molecule has 1 aromatic rings. The summed E-state index contributed by atoms with van der Waals surface area (Å²) >= 11 is 0. The standard InChI is InChI=1S/C16H22N2O3/c1-10-4-3-5-12(8-10)17-16(21)18-13-7-6-11(2)14(9-13)15(19)20/h6-7,9-10,12H,3-5,8H2,1-2H3,(H,19,20)(H2,17,18,21). The lowest BCUT2D eigenvalue weighted by Gasteiger charge is -2.27. The zero-order valence-electron chi connectivity index (χ0n) is 12.5. The largest absolute Gasteiger partial charge is 0.478 e. The van der Waals surface area contributed by atoms with E-state index >= 15 is 0 Å². The molecular weight excluding hydrogens is 268 g/mol. The van der Waals surface area contributed by atoms with E-state index in [2.05, 4.69) is 17.6 Å². The Hall–Kier alpha value is -2.04. The molecule has 0 aromatic heterocycles. The fraction of sp³-hybridized carbons (Fsp3) is 0.500. The second-order valence-electron chi connectivity index (χ2n) is 5.90. The van der Waals surface area contributed by atoms with Gasteiger partial charge in [-0.25, -0.2) is 9.59 Å². The minimum absolute atomic E-state index is 0.207. The lowest BCUT2D eigenvalue weighted by molar-refractivity contribution is 0.0696. The first-order chi connectivity index (χ1) is 9.95. The van der Waals surface area contributed by atoms with E-state index in [-0.39, 0.29) is 17.6 Å². The van der Waals surface area contributed by atoms with Gasteiger partial charge in [-0.3, -0.25) is 0 Å². The van der Waals surface area contributed by atoms with Crippen LogP contribution >= 0.6 is 0 Å². The van der Waals surface area contributed by atoms with Crippen LogP contribution in [0.4, 0.5) is 10.5 Å². The number of carbonyl (C=O) groups is 2. The van der Waals surface area contributed by atoms with Gasteiger partial charge in [0.05, 0.1) is 5.56 Å². The molecule has 21 heavy (non-hydrogen) atoms. The summed E-state index contributed by atoms with van der Waals surface area (Å²) in [5.74, 6) is -0.347. The highest BCUT2D eigenvalue weighted by molar-refractivity contribution is 5.94. The average molecular weight is 290 g/mol. The number of anilines is 1. The van der Waals surface area contributed by atoms with Gasteiger partial charge in [-0.05, 0) is 43.4 Å². The van der Waals surface area contributed by atoms with Crippen molar-refractivity contribution >= 4 is 17.7 Å². The third-order valence-corrected chi connectivity index (χ3v) is 4.00. The lowest BCUT2D eigenvalue weighted by atomic mass is 9.87. The van der Waals surface area contributed by atoms with Gasteiger partial charge in [0.25, 0.3) is 0 Å². The molecule has 2 amide bonds. The molecule has 114 valence electrons. The van der Waals surface area contributed by atoms with Crippen molar-refractivity contribution in [2.45, 2.75) is 45.6 Å². The summed E-state index contributed by atoms with van der Waals surface area (Å²) in [6.07, 6.45) is 4.37. The number of carboxylic acid groups (broad SMARTS) is 1. The maximum absolute atomic E-state index is 12.0. The van der Waals surface area contributed by atoms with Crippen LogP contribution in [0, 0.1) is 12.8 Å². The number of hydrogen-bond acceptors (Lipinski definition) is 2. The number of nitrogens with one attached hydrogen (secondary N) is 2. The van der Waals surface area contributed by atoms with Crippen LogP contribution in [-0.4, -0.2) is 23.1 Å². The quantitative estimate of drug-likeness (QED) is 0.798. The first kappa shape index (κ1) is 15.4. The van der Waals surface area contributed by atoms with Crippen molar-refractivity contribution in [1.82, 2.24) is 5.32 Å². The van der Waals surface area contributed by atoms with E-state index in [9.17, 15) is 9.59 Å². The predicted octanol–water partition coefficient (Wildman–Crippen LogP) is 3.39. The highest BCUT2D eigenvalue weighted by atomic mass is 16.4. The van der Waals surface area contributed by atoms with E-state index in [0.717, 1.165) is 19.3 Å². The van der Waals surface area contributed by atoms with Crippen LogP contribution in [0.5, 0.6) is 0 Å². The van der Waals surface area contributed by atoms with E-state index < -0.39 is 5.97 Å². The highest BCUT2D eigenvalue weighted by Crippen LogP contribution is 2.23. The summed E-state index contributed by atoms with van der Waals surface area (Å²) in [6, 6.07) is 4.83. The molecule has 0 radical (unpaired) electrons. The molecule has 0 aliphatic heterocycles. The molecule has 1 aromatic carbocycles. The van der Waals surface area contributed by atoms with Crippen molar-refractivity contribution in [3.8, 4) is 0 Å². The number of aromatic carboxylic acids is 1. The number of amides is 2. The smallest absolute Gasteiger partial charge is 0.336 e. The molecule has 0 spiro atoms. The second-order valence-corrected chi connectivity index (χ2v) is 5.90. The molecule has 2 unspecified atom stereocenters. The first-order valence-electron chi connectivity index (χ1n) is 7.37. The van der Waals surface area contributed by atoms with Crippen molar-refractivity contribution < 1.29 is 14.7 Å². The molecule has 1 aliphatic carbocycles. The first-order valence-corrected chi connectivity index (χ1v) is 7.37. The number of aryl methyl sites for hydroxylation is 1. The fourth-order valence-corrected chi connectivity index (χ4v) is 2.85. The summed E-state index contributed by atoms with van der Waals surface area (Å²) in [6.45, 7) is 3.93. The zero-order chi connectivity index (χ0) is 15.4. The van der Waals surface area contributed by atoms with Gasteiger partial charge in [-0.15, -0.1) is 0 Å². The molecule has 1 aliphatic rings. The molecule has 0 heterocycles. The van der Waals surface area contributed by atoms with Gasteiger partial charge in [0, 0.05) is 11.7 Å². The normalized spacial score (nSPS) is 21.6. The van der Waals surface area contributed by atoms with Crippen molar-refractivity contribution in [2.24, 2.45) is 5.92 Å². The Labute approximate surface area is 124 Å². The van der Waals surface area contributed by atoms with Gasteiger partial charge in [0.2, 0.25) is 0 Å². The van der Waals surface area contributed by atoms with E-state index in [4.69, 9.17) is 5.11 Å². The Morgan fingerprint density at radius 1 is 1.29 bits per heavy atom. The molecule has 0 bridgehead atoms. The summed E-state index contributed by atoms with van der Waals surface area (Å²) in [7, 11) is 0. The van der Waals surface area contributed by atoms with Crippen LogP contribution in [0.3, 0.4) is 0 Å². The minimum atomic E-state index is -0.988. The Bertz CT molecular complexity index is 542. The van der Waals surface area contributed by atoms with Crippen molar-refractivity contribution in [3.63, 3.8) is 0 Å². The van der Waals surface area contributed by atoms with Crippen molar-refractivity contribution in [3.05, 3.63) is 29.3 Å². The number of benzene rings is 1. The summed E-state index contributed by atoms with van der Waals surface area (Å²) in [4.78, 5) is 23.1. The Morgan fingerprint density at radius 2 is 2.05 bits per heavy atom. The molecule has 2 atom stereocenters. The number of urea groups is 1. The fourth-order valence-electron chi connectivity index (χ4n) is 2.85. The maximum atomic E-state index is 12.0. The summed E-state index contributed by atoms with van der Waals surface area (Å²) in [5, 5.41) is 14.8. The van der Waals surface area contributed by atoms with Crippen LogP contribution < -0.4 is 10.6 Å². The summed E-state index contributed by atoms with van der Waals surface area (Å²) < 4.78 is 0. The van der Waals surface area contributed by atoms with Gasteiger partial charge in [-0.1, -0.05) is 25.8 Å². The Balaban J connectivity index is 1.96. The van der Waals surface area contributed by atoms with Gasteiger partial charge < -0.3 is 15.7 Å². The van der Waals surface area contributed by atoms with Crippen LogP contribution in [0.25, 0.3) is 0 Å². The zero-order valence-corrected chi connectivity index (χ0v) is 12.5. The maximum Gasteiger partial charge on any atom is 0.336 e. The van der Waals surface area contributed by atoms with Crippen molar-refractivity contribution in [2.75, 3.05) is 5.32 Å². The monoisotopic (exact) mass is 290 g/mol. The van der Waals surface area contributed by atoms with Gasteiger partial charge in [0.1, 0.15) is 0 Å². The topological polar surface area (TPSA) is 78.4 Å². The predicted molar refractivity (Wildman–Crippen MR) is 81.7 cm³/mol. The van der Waals surface area contributed by atoms with Gasteiger partial charge >= 0.3 is 12.0 Å². The minimum Gasteiger partial charge on any atom is -0.478 e. The second kappa shape index (κ2) is 6.61. The molecule has 0 saturated heterocycles. The molecular formula is C16H22N2O3. The average Bonchev–Trinajstić information content (AvgIpc) is 2.40. The molecule has 1 saturated carbocycles. The van der Waals surface area contributed by atoms with E-state index in [1.54, 1.807) is 19.1 Å². The molecule has 5 heteroatoms. The van der Waals surface area contributed by atoms with Gasteiger partial charge in [0.15, 0.2) is 0 Å². The Morgan fingerprint density at radius 3 is 2.71 bits per heavy atom. The number of carbonyl (C=O) groups excluding carboxylic acids is 1. The number of hydrogen-bond donors (Lipinski definition) is 3. The number of rotatable bonds is 3. The SMILES string of the molecule is Cc1ccc(NC(=O)NC2CCCC(C)C2)cc1C(=O)O. The van der Waals surface area contributed by atoms with Gasteiger partial charge in [-0.2, -0.15) is 0 Å². The third kappa shape index (κ3) is 4.21. The van der Waals surface area contributed by atoms with E-state index in [1.165, 1.54) is 12.5 Å². The molecule has 3 N–H and O–H groups in total. The molecule has 1 fully saturated rings. The summed E-state index contributed by atoms with van der Waals surface area (Å²) in [5.41, 5.74) is 1.38. The van der Waals surface area contributed by atoms with Crippen LogP contribution in [-0.2, 0) is 0 Å². The third-order valence-electron chi connectivity index (χ3n) is 4.00. The molecule has 2 rings (SSSR count). The van der Waals surface area contributed by atoms with Crippen molar-refractivity contribution in [1.29, 1.82) is 0 Å². The molecule has 5 nitrogen and oxygen atoms in total. The van der Waals surface area contributed by atoms with E-state index in [0.29, 0.717) is 17.2 Å². The lowest BCUT2D eigenvalue weighted by Crippen LogP contribution is -2.40. The van der Waals surface area contributed by atoms with E-state index in [1.807, 2.05) is 0 Å². The van der Waals surface area contributed by atoms with Crippen LogP contribution in [0.1, 0.15) is 48.5 Å². The number of carboxylic acids is 1. The highest BCUT2D eigenvalue weighted by Gasteiger charge is 2.20. The van der Waals surface area contributed by atoms with Crippen LogP contribution in [0.15, 0.2) is 18.2 Å². The van der Waals surface area contributed by atoms with Crippen LogP contribution in [0.2, 0.25) is 0 Å². The Kier molecular flexibility index (Phi) is 4.83.